The number of carbonyl (C=O) groups is 1. The molecule has 3 saturated heterocycles. The number of rotatable bonds is 11. The first-order chi connectivity index (χ1) is 31.8. The van der Waals surface area contributed by atoms with E-state index < -0.39 is 81.9 Å². The number of benzene rings is 2. The van der Waals surface area contributed by atoms with Gasteiger partial charge in [-0.05, 0) is 58.9 Å². The molecule has 0 saturated carbocycles. The molecule has 26 nitrogen and oxygen atoms in total. The molecule has 3 fully saturated rings. The zero-order valence-electron chi connectivity index (χ0n) is 33.8. The number of anilines is 2. The summed E-state index contributed by atoms with van der Waals surface area (Å²) in [4.78, 5) is 40.5. The van der Waals surface area contributed by atoms with Gasteiger partial charge in [-0.3, -0.25) is 27.2 Å². The normalized spacial score (nSPS) is 29.0. The summed E-state index contributed by atoms with van der Waals surface area (Å²) in [6.45, 7) is -9.77. The zero-order chi connectivity index (χ0) is 46.2. The molecule has 3 aliphatic heterocycles. The number of esters is 1. The Kier molecular flexibility index (Phi) is 13.2. The fourth-order valence-electron chi connectivity index (χ4n) is 7.19. The molecule has 6 aromatic rings. The van der Waals surface area contributed by atoms with E-state index in [4.69, 9.17) is 54.0 Å². The van der Waals surface area contributed by atoms with Crippen molar-refractivity contribution in [2.75, 3.05) is 37.8 Å². The Morgan fingerprint density at radius 2 is 1.45 bits per heavy atom. The number of ether oxygens (including phenoxy) is 4. The van der Waals surface area contributed by atoms with Crippen LogP contribution in [0.5, 0.6) is 11.5 Å². The standard InChI is InChI=1S/C36H37N13O13P2S2/c37-30-24-32(42-14-40-30)48(16-44-24)34-27(51)28-23(60-34)12-56-63(53,65)61-29-26(50)22(59-35(29)49-17-45-25-31(38)41-15-43-33(25)49)11-57-64(54,62-28)66-13-18-1-5-21(6-2-18)58-36(52)19-3-7-20(8-4-19)55-10-9-46-47-39/h1-8,14-17,22-23,26-29,34-35,50-51H,9-13H2,(H,53,65)(H2,37,40,42)(H2,38,41,43)/t22-,23-,26-,27-,28-,29-,34-,35-,63-,64-/m1/s1. The maximum Gasteiger partial charge on any atom is 0.389 e. The molecule has 0 amide bonds. The van der Waals surface area contributed by atoms with Crippen molar-refractivity contribution in [1.29, 1.82) is 0 Å². The number of aliphatic hydroxyl groups is 2. The van der Waals surface area contributed by atoms with Gasteiger partial charge >= 0.3 is 19.6 Å². The molecule has 2 aromatic carbocycles. The summed E-state index contributed by atoms with van der Waals surface area (Å²) in [5.74, 6) is 0.159. The van der Waals surface area contributed by atoms with Crippen LogP contribution < -0.4 is 20.9 Å². The van der Waals surface area contributed by atoms with Crippen LogP contribution in [0.3, 0.4) is 0 Å². The van der Waals surface area contributed by atoms with Gasteiger partial charge in [-0.1, -0.05) is 29.5 Å². The number of hydrogen-bond donors (Lipinski definition) is 5. The van der Waals surface area contributed by atoms with Gasteiger partial charge in [0.25, 0.3) is 0 Å². The number of nitrogen functional groups attached to an aromatic ring is 2. The minimum atomic E-state index is -4.46. The Morgan fingerprint density at radius 3 is 2.12 bits per heavy atom. The van der Waals surface area contributed by atoms with Crippen molar-refractivity contribution in [3.8, 4) is 11.5 Å². The Bertz CT molecular complexity index is 2890. The van der Waals surface area contributed by atoms with Crippen LogP contribution in [0.4, 0.5) is 11.6 Å². The number of imidazole rings is 2. The Labute approximate surface area is 380 Å². The Hall–Kier alpha value is -5.44. The molecule has 346 valence electrons. The largest absolute Gasteiger partial charge is 0.493 e. The van der Waals surface area contributed by atoms with Gasteiger partial charge in [0.2, 0.25) is 0 Å². The molecule has 10 atom stereocenters. The summed E-state index contributed by atoms with van der Waals surface area (Å²) >= 11 is 4.95. The number of fused-ring (bicyclic) bond motifs is 5. The van der Waals surface area contributed by atoms with Crippen molar-refractivity contribution >= 4 is 77.2 Å². The van der Waals surface area contributed by atoms with E-state index in [-0.39, 0.29) is 64.2 Å². The lowest BCUT2D eigenvalue weighted by Crippen LogP contribution is -2.36. The summed E-state index contributed by atoms with van der Waals surface area (Å²) in [5.41, 5.74) is 22.1. The molecule has 0 aliphatic carbocycles. The van der Waals surface area contributed by atoms with Gasteiger partial charge in [0.1, 0.15) is 71.8 Å². The second-order valence-electron chi connectivity index (χ2n) is 14.6. The van der Waals surface area contributed by atoms with Crippen LogP contribution in [-0.2, 0) is 42.5 Å². The fraction of sp³-hybridized carbons (Fsp3) is 0.361. The number of nitrogens with zero attached hydrogens (tertiary/aromatic N) is 11. The number of aromatic nitrogens is 8. The van der Waals surface area contributed by atoms with Gasteiger partial charge < -0.3 is 40.6 Å². The van der Waals surface area contributed by atoms with Crippen molar-refractivity contribution < 1.29 is 61.2 Å². The molecule has 0 unspecified atom stereocenters. The third kappa shape index (κ3) is 9.55. The molecular weight excluding hydrogens is 949 g/mol. The van der Waals surface area contributed by atoms with E-state index in [1.54, 1.807) is 36.4 Å². The van der Waals surface area contributed by atoms with Crippen LogP contribution in [0.15, 0.2) is 79.0 Å². The van der Waals surface area contributed by atoms with Crippen LogP contribution >= 0.6 is 37.2 Å². The smallest absolute Gasteiger partial charge is 0.389 e. The highest BCUT2D eigenvalue weighted by molar-refractivity contribution is 8.54. The van der Waals surface area contributed by atoms with Crippen molar-refractivity contribution in [3.05, 3.63) is 95.4 Å². The Morgan fingerprint density at radius 1 is 0.833 bits per heavy atom. The van der Waals surface area contributed by atoms with E-state index in [0.717, 1.165) is 11.4 Å². The average molecular weight is 986 g/mol. The number of carbonyl (C=O) groups excluding carboxylic acids is 1. The molecule has 30 heteroatoms. The molecule has 9 rings (SSSR count). The highest BCUT2D eigenvalue weighted by atomic mass is 32.7. The van der Waals surface area contributed by atoms with Crippen LogP contribution in [0, 0.1) is 0 Å². The first kappa shape index (κ1) is 45.7. The predicted octanol–water partition coefficient (Wildman–Crippen LogP) is 4.15. The van der Waals surface area contributed by atoms with E-state index in [1.807, 2.05) is 0 Å². The molecule has 4 aromatic heterocycles. The molecule has 2 bridgehead atoms. The average Bonchev–Trinajstić information content (AvgIpc) is 4.08. The molecule has 66 heavy (non-hydrogen) atoms. The van der Waals surface area contributed by atoms with Crippen LogP contribution in [-0.4, -0.2) is 118 Å². The van der Waals surface area contributed by atoms with Crippen LogP contribution in [0.25, 0.3) is 32.8 Å². The first-order valence-electron chi connectivity index (χ1n) is 19.6. The summed E-state index contributed by atoms with van der Waals surface area (Å²) < 4.78 is 79.1. The molecule has 6 N–H and O–H groups in total. The molecule has 0 radical (unpaired) electrons. The monoisotopic (exact) mass is 985 g/mol. The molecule has 3 aliphatic rings. The minimum absolute atomic E-state index is 0.0142. The number of hydrogen-bond acceptors (Lipinski definition) is 23. The number of azide groups is 1. The second-order valence-corrected chi connectivity index (χ2v) is 21.5. The van der Waals surface area contributed by atoms with Crippen molar-refractivity contribution in [1.82, 2.24) is 39.0 Å². The Balaban J connectivity index is 0.965. The third-order valence-electron chi connectivity index (χ3n) is 10.4. The van der Waals surface area contributed by atoms with E-state index in [1.165, 1.54) is 46.6 Å². The van der Waals surface area contributed by atoms with Gasteiger partial charge in [0.15, 0.2) is 35.4 Å². The van der Waals surface area contributed by atoms with Gasteiger partial charge in [-0.2, -0.15) is 0 Å². The van der Waals surface area contributed by atoms with E-state index in [2.05, 4.69) is 52.2 Å². The van der Waals surface area contributed by atoms with E-state index in [0.29, 0.717) is 11.3 Å². The third-order valence-corrected chi connectivity index (χ3v) is 15.7. The maximum absolute atomic E-state index is 15.1. The van der Waals surface area contributed by atoms with Crippen LogP contribution in [0.1, 0.15) is 28.4 Å². The van der Waals surface area contributed by atoms with Crippen molar-refractivity contribution in [2.24, 2.45) is 5.11 Å². The SMILES string of the molecule is [N-]=[N+]=NCCOc1ccc(C(=O)Oc2ccc(CS[P@]3(=O)OC[C@H]4O[C@@H](n5cnc6c(N)ncnc65)[C@H](O[P@](=O)(S)OC[C@H]5O[C@@H](n6cnc7c(N)ncnc76)[C@H](O)[C@@H]5O3)[C@@H]4O)cc2)cc1. The van der Waals surface area contributed by atoms with Gasteiger partial charge in [0, 0.05) is 10.7 Å². The first-order valence-corrected chi connectivity index (χ1v) is 25.4. The maximum atomic E-state index is 15.1. The molecule has 0 spiro atoms. The highest BCUT2D eigenvalue weighted by Crippen LogP contribution is 2.65. The molecule has 7 heterocycles. The van der Waals surface area contributed by atoms with Gasteiger partial charge in [-0.25, -0.2) is 43.8 Å². The zero-order valence-corrected chi connectivity index (χ0v) is 37.3. The summed E-state index contributed by atoms with van der Waals surface area (Å²) in [5, 5.41) is 26.9. The second kappa shape index (κ2) is 19.0. The summed E-state index contributed by atoms with van der Waals surface area (Å²) in [6.07, 6.45) is -6.30. The molecular formula is C36H37N13O13P2S2. The van der Waals surface area contributed by atoms with E-state index >= 15 is 4.57 Å². The van der Waals surface area contributed by atoms with E-state index in [9.17, 15) is 19.6 Å². The number of aliphatic hydroxyl groups excluding tert-OH is 2. The minimum Gasteiger partial charge on any atom is -0.493 e. The lowest BCUT2D eigenvalue weighted by molar-refractivity contribution is -0.0575. The fourth-order valence-corrected chi connectivity index (χ4v) is 12.0. The van der Waals surface area contributed by atoms with Gasteiger partial charge in [0.05, 0.1) is 44.6 Å². The van der Waals surface area contributed by atoms with Crippen LogP contribution in [0.2, 0.25) is 0 Å². The topological polar surface area (TPSA) is 354 Å². The highest BCUT2D eigenvalue weighted by Gasteiger charge is 2.54. The lowest BCUT2D eigenvalue weighted by atomic mass is 10.1. The van der Waals surface area contributed by atoms with Gasteiger partial charge in [-0.15, -0.1) is 0 Å². The van der Waals surface area contributed by atoms with Crippen molar-refractivity contribution in [3.63, 3.8) is 0 Å². The quantitative estimate of drug-likeness (QED) is 0.0178. The lowest BCUT2D eigenvalue weighted by Gasteiger charge is -2.27. The summed E-state index contributed by atoms with van der Waals surface area (Å²) in [7, 11) is 0. The number of nitrogens with two attached hydrogens (primary N) is 2. The predicted molar refractivity (Wildman–Crippen MR) is 234 cm³/mol. The summed E-state index contributed by atoms with van der Waals surface area (Å²) in [6, 6.07) is 12.6. The number of thiol groups is 1. The van der Waals surface area contributed by atoms with Crippen molar-refractivity contribution in [2.45, 2.75) is 54.8 Å².